The summed E-state index contributed by atoms with van der Waals surface area (Å²) >= 11 is 0. The lowest BCUT2D eigenvalue weighted by Gasteiger charge is -2.23. The molecule has 24 heavy (non-hydrogen) atoms. The summed E-state index contributed by atoms with van der Waals surface area (Å²) in [5.41, 5.74) is 0.920. The van der Waals surface area contributed by atoms with Crippen molar-refractivity contribution in [1.82, 2.24) is 9.80 Å². The van der Waals surface area contributed by atoms with E-state index in [1.54, 1.807) is 0 Å². The van der Waals surface area contributed by atoms with Crippen LogP contribution in [0, 0.1) is 5.92 Å². The van der Waals surface area contributed by atoms with Crippen LogP contribution >= 0.6 is 0 Å². The van der Waals surface area contributed by atoms with Crippen LogP contribution in [0.3, 0.4) is 0 Å². The number of nitrogens with zero attached hydrogens (tertiary/aromatic N) is 2. The van der Waals surface area contributed by atoms with Crippen LogP contribution < -0.4 is 9.47 Å². The first-order valence-electron chi connectivity index (χ1n) is 8.49. The molecule has 0 unspecified atom stereocenters. The predicted octanol–water partition coefficient (Wildman–Crippen LogP) is 1.67. The van der Waals surface area contributed by atoms with Crippen molar-refractivity contribution in [2.45, 2.75) is 26.7 Å². The van der Waals surface area contributed by atoms with E-state index in [2.05, 4.69) is 0 Å². The molecule has 6 heteroatoms. The topological polar surface area (TPSA) is 59.1 Å². The second-order valence-corrected chi connectivity index (χ2v) is 6.58. The van der Waals surface area contributed by atoms with Crippen LogP contribution in [0.4, 0.5) is 0 Å². The van der Waals surface area contributed by atoms with E-state index in [1.165, 1.54) is 0 Å². The molecule has 0 N–H and O–H groups in total. The minimum absolute atomic E-state index is 0.000819. The highest BCUT2D eigenvalue weighted by Crippen LogP contribution is 2.32. The van der Waals surface area contributed by atoms with E-state index < -0.39 is 0 Å². The largest absolute Gasteiger partial charge is 0.454 e. The molecule has 0 bridgehead atoms. The molecule has 0 saturated carbocycles. The molecule has 6 nitrogen and oxygen atoms in total. The van der Waals surface area contributed by atoms with Crippen molar-refractivity contribution >= 4 is 11.8 Å². The van der Waals surface area contributed by atoms with E-state index in [0.29, 0.717) is 31.8 Å². The molecule has 1 aromatic rings. The molecule has 1 fully saturated rings. The van der Waals surface area contributed by atoms with Gasteiger partial charge in [-0.15, -0.1) is 0 Å². The maximum atomic E-state index is 12.6. The van der Waals surface area contributed by atoms with Crippen LogP contribution in [0.15, 0.2) is 18.2 Å². The normalized spacial score (nSPS) is 17.1. The van der Waals surface area contributed by atoms with Crippen LogP contribution in [-0.4, -0.2) is 54.6 Å². The monoisotopic (exact) mass is 332 g/mol. The number of carbonyl (C=O) groups excluding carboxylic acids is 2. The molecule has 1 saturated heterocycles. The van der Waals surface area contributed by atoms with E-state index in [9.17, 15) is 9.59 Å². The number of rotatable bonds is 3. The Balaban J connectivity index is 1.58. The average molecular weight is 332 g/mol. The minimum Gasteiger partial charge on any atom is -0.454 e. The summed E-state index contributed by atoms with van der Waals surface area (Å²) in [6, 6.07) is 5.61. The fourth-order valence-corrected chi connectivity index (χ4v) is 3.09. The molecule has 1 aromatic carbocycles. The van der Waals surface area contributed by atoms with Crippen molar-refractivity contribution < 1.29 is 19.1 Å². The number of fused-ring (bicyclic) bond motifs is 1. The highest BCUT2D eigenvalue weighted by molar-refractivity contribution is 5.80. The van der Waals surface area contributed by atoms with Crippen LogP contribution in [0.5, 0.6) is 11.5 Å². The van der Waals surface area contributed by atoms with Crippen LogP contribution in [0.1, 0.15) is 25.8 Å². The summed E-state index contributed by atoms with van der Waals surface area (Å²) in [6.45, 7) is 6.70. The molecule has 0 radical (unpaired) electrons. The van der Waals surface area contributed by atoms with Gasteiger partial charge in [0, 0.05) is 32.1 Å². The molecule has 2 heterocycles. The summed E-state index contributed by atoms with van der Waals surface area (Å²) in [6.07, 6.45) is 1.17. The van der Waals surface area contributed by atoms with Crippen LogP contribution in [-0.2, 0) is 16.0 Å². The van der Waals surface area contributed by atoms with E-state index in [4.69, 9.17) is 9.47 Å². The third-order valence-electron chi connectivity index (χ3n) is 4.45. The van der Waals surface area contributed by atoms with Crippen LogP contribution in [0.25, 0.3) is 0 Å². The first-order chi connectivity index (χ1) is 11.5. The lowest BCUT2D eigenvalue weighted by molar-refractivity contribution is -0.135. The minimum atomic E-state index is 0.000819. The summed E-state index contributed by atoms with van der Waals surface area (Å²) in [4.78, 5) is 28.4. The Morgan fingerprint density at radius 3 is 2.54 bits per heavy atom. The van der Waals surface area contributed by atoms with Crippen LogP contribution in [0.2, 0.25) is 0 Å². The fraction of sp³-hybridized carbons (Fsp3) is 0.556. The Kier molecular flexibility index (Phi) is 4.92. The molecule has 2 amide bonds. The van der Waals surface area contributed by atoms with Gasteiger partial charge in [0.05, 0.1) is 6.42 Å². The maximum Gasteiger partial charge on any atom is 0.231 e. The molecule has 0 aliphatic carbocycles. The summed E-state index contributed by atoms with van der Waals surface area (Å²) < 4.78 is 10.6. The summed E-state index contributed by atoms with van der Waals surface area (Å²) in [7, 11) is 0. The van der Waals surface area contributed by atoms with E-state index in [0.717, 1.165) is 24.3 Å². The molecule has 130 valence electrons. The van der Waals surface area contributed by atoms with Crippen molar-refractivity contribution in [2.24, 2.45) is 5.92 Å². The fourth-order valence-electron chi connectivity index (χ4n) is 3.09. The highest BCUT2D eigenvalue weighted by Gasteiger charge is 2.24. The zero-order valence-corrected chi connectivity index (χ0v) is 14.3. The van der Waals surface area contributed by atoms with Gasteiger partial charge in [0.15, 0.2) is 11.5 Å². The lowest BCUT2D eigenvalue weighted by Crippen LogP contribution is -2.39. The van der Waals surface area contributed by atoms with Gasteiger partial charge in [-0.3, -0.25) is 9.59 Å². The van der Waals surface area contributed by atoms with Gasteiger partial charge in [0.2, 0.25) is 18.6 Å². The van der Waals surface area contributed by atoms with Crippen molar-refractivity contribution in [2.75, 3.05) is 33.0 Å². The smallest absolute Gasteiger partial charge is 0.231 e. The van der Waals surface area contributed by atoms with Crippen molar-refractivity contribution in [3.8, 4) is 11.5 Å². The average Bonchev–Trinajstić information content (AvgIpc) is 2.88. The second-order valence-electron chi connectivity index (χ2n) is 6.58. The zero-order chi connectivity index (χ0) is 17.1. The first kappa shape index (κ1) is 16.6. The number of benzene rings is 1. The van der Waals surface area contributed by atoms with Gasteiger partial charge < -0.3 is 19.3 Å². The predicted molar refractivity (Wildman–Crippen MR) is 88.9 cm³/mol. The number of ether oxygens (including phenoxy) is 2. The third-order valence-corrected chi connectivity index (χ3v) is 4.45. The molecule has 0 spiro atoms. The molecule has 3 rings (SSSR count). The second kappa shape index (κ2) is 7.11. The zero-order valence-electron chi connectivity index (χ0n) is 14.3. The Morgan fingerprint density at radius 1 is 1.04 bits per heavy atom. The summed E-state index contributed by atoms with van der Waals surface area (Å²) in [5.74, 6) is 1.68. The lowest BCUT2D eigenvalue weighted by atomic mass is 10.1. The Hall–Kier alpha value is -2.24. The number of amides is 2. The number of carbonyl (C=O) groups is 2. The van der Waals surface area contributed by atoms with Crippen molar-refractivity contribution in [1.29, 1.82) is 0 Å². The summed E-state index contributed by atoms with van der Waals surface area (Å²) in [5, 5.41) is 0. The maximum absolute atomic E-state index is 12.6. The van der Waals surface area contributed by atoms with E-state index >= 15 is 0 Å². The van der Waals surface area contributed by atoms with E-state index in [-0.39, 0.29) is 24.5 Å². The molecule has 0 atom stereocenters. The standard InChI is InChI=1S/C18H24N2O4/c1-13(2)18(22)20-7-3-6-19(8-9-20)17(21)11-14-4-5-15-16(10-14)24-12-23-15/h4-5,10,13H,3,6-9,11-12H2,1-2H3. The molecule has 2 aliphatic rings. The SMILES string of the molecule is CC(C)C(=O)N1CCCN(C(=O)Cc2ccc3c(c2)OCO3)CC1. The van der Waals surface area contributed by atoms with Gasteiger partial charge in [-0.2, -0.15) is 0 Å². The first-order valence-corrected chi connectivity index (χ1v) is 8.49. The highest BCUT2D eigenvalue weighted by atomic mass is 16.7. The Labute approximate surface area is 142 Å². The van der Waals surface area contributed by atoms with Gasteiger partial charge in [-0.1, -0.05) is 19.9 Å². The molecular weight excluding hydrogens is 308 g/mol. The van der Waals surface area contributed by atoms with Gasteiger partial charge in [-0.05, 0) is 24.1 Å². The van der Waals surface area contributed by atoms with E-state index in [1.807, 2.05) is 41.8 Å². The van der Waals surface area contributed by atoms with Gasteiger partial charge in [-0.25, -0.2) is 0 Å². The molecular formula is C18H24N2O4. The molecule has 0 aromatic heterocycles. The Morgan fingerprint density at radius 2 is 1.75 bits per heavy atom. The quantitative estimate of drug-likeness (QED) is 0.845. The van der Waals surface area contributed by atoms with Crippen molar-refractivity contribution in [3.05, 3.63) is 23.8 Å². The van der Waals surface area contributed by atoms with Gasteiger partial charge >= 0.3 is 0 Å². The van der Waals surface area contributed by atoms with Gasteiger partial charge in [0.1, 0.15) is 0 Å². The number of hydrogen-bond donors (Lipinski definition) is 0. The molecule has 2 aliphatic heterocycles. The number of hydrogen-bond acceptors (Lipinski definition) is 4. The van der Waals surface area contributed by atoms with Gasteiger partial charge in [0.25, 0.3) is 0 Å². The van der Waals surface area contributed by atoms with Crippen molar-refractivity contribution in [3.63, 3.8) is 0 Å². The third kappa shape index (κ3) is 3.63. The Bertz CT molecular complexity index is 629.